The molecule has 1 heterocycles. The number of sulfone groups is 1. The van der Waals surface area contributed by atoms with Gasteiger partial charge in [-0.15, -0.1) is 0 Å². The molecule has 1 fully saturated rings. The maximum atomic E-state index is 12.2. The molecule has 1 atom stereocenters. The smallest absolute Gasteiger partial charge is 0.258 e. The highest BCUT2D eigenvalue weighted by molar-refractivity contribution is 7.91. The zero-order valence-electron chi connectivity index (χ0n) is 14.8. The van der Waals surface area contributed by atoms with Crippen LogP contribution in [0.25, 0.3) is 0 Å². The first kappa shape index (κ1) is 18.5. The Labute approximate surface area is 154 Å². The molecule has 1 amide bonds. The minimum atomic E-state index is -3.06. The molecule has 1 unspecified atom stereocenters. The third-order valence-corrected chi connectivity index (χ3v) is 6.42. The molecule has 5 nitrogen and oxygen atoms in total. The number of amides is 1. The molecule has 0 aliphatic carbocycles. The topological polar surface area (TPSA) is 72.5 Å². The molecule has 26 heavy (non-hydrogen) atoms. The van der Waals surface area contributed by atoms with Gasteiger partial charge in [-0.3, -0.25) is 4.79 Å². The van der Waals surface area contributed by atoms with E-state index in [4.69, 9.17) is 4.74 Å². The minimum absolute atomic E-state index is 0.0175. The maximum absolute atomic E-state index is 12.2. The van der Waals surface area contributed by atoms with Crippen molar-refractivity contribution in [3.05, 3.63) is 65.7 Å². The predicted octanol–water partition coefficient (Wildman–Crippen LogP) is 2.35. The van der Waals surface area contributed by atoms with E-state index in [0.29, 0.717) is 18.6 Å². The average Bonchev–Trinajstić information content (AvgIpc) is 2.88. The summed E-state index contributed by atoms with van der Waals surface area (Å²) in [6.45, 7) is 1.63. The Balaban J connectivity index is 1.60. The van der Waals surface area contributed by atoms with Crippen LogP contribution in [0.2, 0.25) is 0 Å². The molecule has 2 aromatic rings. The molecule has 1 N–H and O–H groups in total. The highest BCUT2D eigenvalue weighted by atomic mass is 32.2. The van der Waals surface area contributed by atoms with E-state index in [-0.39, 0.29) is 24.0 Å². The van der Waals surface area contributed by atoms with E-state index in [0.717, 1.165) is 11.1 Å². The third-order valence-electron chi connectivity index (χ3n) is 4.51. The van der Waals surface area contributed by atoms with Gasteiger partial charge >= 0.3 is 0 Å². The van der Waals surface area contributed by atoms with Gasteiger partial charge in [-0.1, -0.05) is 48.5 Å². The molecule has 0 radical (unpaired) electrons. The lowest BCUT2D eigenvalue weighted by Crippen LogP contribution is -2.48. The molecule has 2 aromatic carbocycles. The van der Waals surface area contributed by atoms with Crippen molar-refractivity contribution in [2.75, 3.05) is 18.1 Å². The van der Waals surface area contributed by atoms with Gasteiger partial charge in [0.2, 0.25) is 0 Å². The van der Waals surface area contributed by atoms with Crippen molar-refractivity contribution in [2.45, 2.75) is 25.3 Å². The van der Waals surface area contributed by atoms with E-state index < -0.39 is 15.4 Å². The Bertz CT molecular complexity index is 880. The summed E-state index contributed by atoms with van der Waals surface area (Å²) in [5.41, 5.74) is 1.46. The molecule has 1 aliphatic heterocycles. The zero-order valence-corrected chi connectivity index (χ0v) is 15.6. The molecule has 0 saturated carbocycles. The molecule has 0 bridgehead atoms. The lowest BCUT2D eigenvalue weighted by atomic mass is 10.0. The molecule has 0 spiro atoms. The van der Waals surface area contributed by atoms with Crippen LogP contribution in [0.15, 0.2) is 54.6 Å². The quantitative estimate of drug-likeness (QED) is 0.844. The van der Waals surface area contributed by atoms with E-state index in [2.05, 4.69) is 5.32 Å². The maximum Gasteiger partial charge on any atom is 0.258 e. The first-order valence-electron chi connectivity index (χ1n) is 8.61. The van der Waals surface area contributed by atoms with Crippen LogP contribution >= 0.6 is 0 Å². The highest BCUT2D eigenvalue weighted by Gasteiger charge is 2.39. The second-order valence-electron chi connectivity index (χ2n) is 7.01. The van der Waals surface area contributed by atoms with Crippen molar-refractivity contribution in [3.8, 4) is 5.75 Å². The van der Waals surface area contributed by atoms with Gasteiger partial charge in [0.05, 0.1) is 17.0 Å². The van der Waals surface area contributed by atoms with Crippen LogP contribution < -0.4 is 10.1 Å². The average molecular weight is 373 g/mol. The Hall–Kier alpha value is -2.34. The van der Waals surface area contributed by atoms with Gasteiger partial charge in [0.1, 0.15) is 5.75 Å². The SMILES string of the molecule is CC1(NC(=O)COc2ccccc2Cc2ccccc2)CCS(=O)(=O)C1. The summed E-state index contributed by atoms with van der Waals surface area (Å²) in [7, 11) is -3.06. The van der Waals surface area contributed by atoms with Crippen LogP contribution in [0.1, 0.15) is 24.5 Å². The number of hydrogen-bond donors (Lipinski definition) is 1. The second-order valence-corrected chi connectivity index (χ2v) is 9.19. The Morgan fingerprint density at radius 2 is 1.81 bits per heavy atom. The molecule has 138 valence electrons. The van der Waals surface area contributed by atoms with Crippen LogP contribution in [0.3, 0.4) is 0 Å². The normalized spacial score (nSPS) is 21.3. The molecule has 1 saturated heterocycles. The van der Waals surface area contributed by atoms with Crippen molar-refractivity contribution in [2.24, 2.45) is 0 Å². The third kappa shape index (κ3) is 4.85. The summed E-state index contributed by atoms with van der Waals surface area (Å²) >= 11 is 0. The molecule has 1 aliphatic rings. The van der Waals surface area contributed by atoms with Gasteiger partial charge in [-0.05, 0) is 30.5 Å². The van der Waals surface area contributed by atoms with Crippen molar-refractivity contribution < 1.29 is 17.9 Å². The zero-order chi connectivity index (χ0) is 18.6. The van der Waals surface area contributed by atoms with E-state index in [1.165, 1.54) is 0 Å². The molecule has 3 rings (SSSR count). The molecule has 0 aromatic heterocycles. The largest absolute Gasteiger partial charge is 0.483 e. The summed E-state index contributed by atoms with van der Waals surface area (Å²) in [5.74, 6) is 0.454. The number of ether oxygens (including phenoxy) is 1. The lowest BCUT2D eigenvalue weighted by molar-refractivity contribution is -0.124. The number of rotatable bonds is 6. The number of para-hydroxylation sites is 1. The Morgan fingerprint density at radius 3 is 2.50 bits per heavy atom. The van der Waals surface area contributed by atoms with Crippen molar-refractivity contribution in [1.82, 2.24) is 5.32 Å². The highest BCUT2D eigenvalue weighted by Crippen LogP contribution is 2.24. The molecular formula is C20H23NO4S. The van der Waals surface area contributed by atoms with Gasteiger partial charge < -0.3 is 10.1 Å². The second kappa shape index (κ2) is 7.50. The van der Waals surface area contributed by atoms with E-state index in [1.54, 1.807) is 6.92 Å². The summed E-state index contributed by atoms with van der Waals surface area (Å²) < 4.78 is 29.0. The first-order chi connectivity index (χ1) is 12.4. The fraction of sp³-hybridized carbons (Fsp3) is 0.350. The number of carbonyl (C=O) groups is 1. The monoisotopic (exact) mass is 373 g/mol. The van der Waals surface area contributed by atoms with Crippen LogP contribution in [0.5, 0.6) is 5.75 Å². The summed E-state index contributed by atoms with van der Waals surface area (Å²) in [6, 6.07) is 17.7. The predicted molar refractivity (Wildman–Crippen MR) is 101 cm³/mol. The van der Waals surface area contributed by atoms with Crippen LogP contribution in [0.4, 0.5) is 0 Å². The Kier molecular flexibility index (Phi) is 5.32. The Morgan fingerprint density at radius 1 is 1.12 bits per heavy atom. The fourth-order valence-electron chi connectivity index (χ4n) is 3.23. The first-order valence-corrected chi connectivity index (χ1v) is 10.4. The molecular weight excluding hydrogens is 350 g/mol. The van der Waals surface area contributed by atoms with Gasteiger partial charge in [0, 0.05) is 6.42 Å². The van der Waals surface area contributed by atoms with Gasteiger partial charge in [-0.25, -0.2) is 8.42 Å². The van der Waals surface area contributed by atoms with Gasteiger partial charge in [0.15, 0.2) is 16.4 Å². The lowest BCUT2D eigenvalue weighted by Gasteiger charge is -2.24. The minimum Gasteiger partial charge on any atom is -0.483 e. The number of benzene rings is 2. The van der Waals surface area contributed by atoms with Crippen LogP contribution in [0, 0.1) is 0 Å². The number of nitrogens with one attached hydrogen (secondary N) is 1. The van der Waals surface area contributed by atoms with Crippen molar-refractivity contribution in [3.63, 3.8) is 0 Å². The van der Waals surface area contributed by atoms with E-state index in [9.17, 15) is 13.2 Å². The van der Waals surface area contributed by atoms with Gasteiger partial charge in [0.25, 0.3) is 5.91 Å². The van der Waals surface area contributed by atoms with Crippen molar-refractivity contribution >= 4 is 15.7 Å². The standard InChI is InChI=1S/C20H23NO4S/c1-20(11-12-26(23,24)15-20)21-19(22)14-25-18-10-6-5-9-17(18)13-16-7-3-2-4-8-16/h2-10H,11-15H2,1H3,(H,21,22). The molecule has 6 heteroatoms. The van der Waals surface area contributed by atoms with Crippen molar-refractivity contribution in [1.29, 1.82) is 0 Å². The van der Waals surface area contributed by atoms with Crippen LogP contribution in [-0.4, -0.2) is 38.0 Å². The summed E-state index contributed by atoms with van der Waals surface area (Å²) in [4.78, 5) is 12.2. The van der Waals surface area contributed by atoms with Crippen LogP contribution in [-0.2, 0) is 21.1 Å². The van der Waals surface area contributed by atoms with E-state index in [1.807, 2.05) is 54.6 Å². The summed E-state index contributed by atoms with van der Waals surface area (Å²) in [6.07, 6.45) is 1.15. The number of carbonyl (C=O) groups excluding carboxylic acids is 1. The summed E-state index contributed by atoms with van der Waals surface area (Å²) in [5, 5.41) is 2.81. The van der Waals surface area contributed by atoms with E-state index >= 15 is 0 Å². The number of hydrogen-bond acceptors (Lipinski definition) is 4. The van der Waals surface area contributed by atoms with Gasteiger partial charge in [-0.2, -0.15) is 0 Å². The fourth-order valence-corrected chi connectivity index (χ4v) is 5.32.